The van der Waals surface area contributed by atoms with Crippen molar-refractivity contribution in [3.8, 4) is 0 Å². The molecule has 2 unspecified atom stereocenters. The molecule has 0 bridgehead atoms. The predicted octanol–water partition coefficient (Wildman–Crippen LogP) is 2.57. The van der Waals surface area contributed by atoms with Crippen LogP contribution in [0.3, 0.4) is 0 Å². The van der Waals surface area contributed by atoms with Gasteiger partial charge in [-0.2, -0.15) is 0 Å². The lowest BCUT2D eigenvalue weighted by Gasteiger charge is -2.32. The summed E-state index contributed by atoms with van der Waals surface area (Å²) < 4.78 is 0. The Bertz CT molecular complexity index is 245. The molecule has 0 saturated carbocycles. The monoisotopic (exact) mass is 269 g/mol. The fraction of sp³-hybridized carbons (Fsp3) is 1.00. The van der Waals surface area contributed by atoms with Crippen molar-refractivity contribution in [3.63, 3.8) is 0 Å². The van der Waals surface area contributed by atoms with Gasteiger partial charge in [-0.15, -0.1) is 0 Å². The smallest absolute Gasteiger partial charge is 0.0226 e. The third kappa shape index (κ3) is 6.73. The third-order valence-corrected chi connectivity index (χ3v) is 4.02. The number of rotatable bonds is 7. The van der Waals surface area contributed by atoms with Gasteiger partial charge in [0.05, 0.1) is 0 Å². The molecule has 0 aliphatic carbocycles. The van der Waals surface area contributed by atoms with Crippen molar-refractivity contribution in [1.82, 2.24) is 15.1 Å². The predicted molar refractivity (Wildman–Crippen MR) is 84.7 cm³/mol. The molecule has 3 heteroatoms. The van der Waals surface area contributed by atoms with Gasteiger partial charge in [0.1, 0.15) is 0 Å². The highest BCUT2D eigenvalue weighted by Gasteiger charge is 2.28. The number of nitrogens with zero attached hydrogens (tertiary/aromatic N) is 2. The minimum atomic E-state index is 0.254. The van der Waals surface area contributed by atoms with E-state index in [0.29, 0.717) is 0 Å². The molecule has 19 heavy (non-hydrogen) atoms. The fourth-order valence-electron chi connectivity index (χ4n) is 3.08. The van der Waals surface area contributed by atoms with Crippen molar-refractivity contribution in [2.75, 3.05) is 33.7 Å². The Labute approximate surface area is 120 Å². The topological polar surface area (TPSA) is 18.5 Å². The molecule has 0 aromatic carbocycles. The molecule has 1 aliphatic rings. The van der Waals surface area contributed by atoms with Crippen molar-refractivity contribution >= 4 is 0 Å². The molecular formula is C16H35N3. The van der Waals surface area contributed by atoms with Crippen LogP contribution in [-0.2, 0) is 0 Å². The van der Waals surface area contributed by atoms with Crippen molar-refractivity contribution < 1.29 is 0 Å². The van der Waals surface area contributed by atoms with Crippen LogP contribution < -0.4 is 5.32 Å². The standard InChI is InChI=1S/C16H35N3/c1-14(9-7-11-17-16(2,3)4)19-12-8-10-15(19)13-18(5)6/h14-15,17H,7-13H2,1-6H3. The first kappa shape index (κ1) is 16.9. The third-order valence-electron chi connectivity index (χ3n) is 4.02. The number of nitrogens with one attached hydrogen (secondary N) is 1. The summed E-state index contributed by atoms with van der Waals surface area (Å²) in [5.74, 6) is 0. The first-order chi connectivity index (χ1) is 8.79. The van der Waals surface area contributed by atoms with Gasteiger partial charge in [0.25, 0.3) is 0 Å². The largest absolute Gasteiger partial charge is 0.312 e. The zero-order chi connectivity index (χ0) is 14.5. The van der Waals surface area contributed by atoms with Gasteiger partial charge in [-0.25, -0.2) is 0 Å². The van der Waals surface area contributed by atoms with Crippen LogP contribution in [0.25, 0.3) is 0 Å². The van der Waals surface area contributed by atoms with Crippen molar-refractivity contribution in [2.24, 2.45) is 0 Å². The van der Waals surface area contributed by atoms with E-state index in [1.54, 1.807) is 0 Å². The number of hydrogen-bond donors (Lipinski definition) is 1. The number of likely N-dealkylation sites (tertiary alicyclic amines) is 1. The van der Waals surface area contributed by atoms with E-state index in [1.807, 2.05) is 0 Å². The zero-order valence-corrected chi connectivity index (χ0v) is 14.0. The molecule has 3 nitrogen and oxygen atoms in total. The van der Waals surface area contributed by atoms with Crippen LogP contribution in [0.4, 0.5) is 0 Å². The molecule has 1 aliphatic heterocycles. The quantitative estimate of drug-likeness (QED) is 0.717. The molecule has 1 fully saturated rings. The van der Waals surface area contributed by atoms with Gasteiger partial charge in [-0.3, -0.25) is 4.90 Å². The summed E-state index contributed by atoms with van der Waals surface area (Å²) in [4.78, 5) is 5.06. The SMILES string of the molecule is CC(CCCNC(C)(C)C)N1CCCC1CN(C)C. The number of likely N-dealkylation sites (N-methyl/N-ethyl adjacent to an activating group) is 1. The van der Waals surface area contributed by atoms with Gasteiger partial charge in [-0.1, -0.05) is 0 Å². The van der Waals surface area contributed by atoms with Gasteiger partial charge in [0, 0.05) is 24.2 Å². The Kier molecular flexibility index (Phi) is 6.78. The molecular weight excluding hydrogens is 234 g/mol. The highest BCUT2D eigenvalue weighted by atomic mass is 15.2. The Morgan fingerprint density at radius 1 is 1.32 bits per heavy atom. The van der Waals surface area contributed by atoms with Crippen LogP contribution in [0.1, 0.15) is 53.4 Å². The normalized spacial score (nSPS) is 23.2. The summed E-state index contributed by atoms with van der Waals surface area (Å²) in [7, 11) is 4.38. The molecule has 1 N–H and O–H groups in total. The molecule has 1 saturated heterocycles. The summed E-state index contributed by atoms with van der Waals surface area (Å²) >= 11 is 0. The molecule has 0 aromatic rings. The second kappa shape index (κ2) is 7.61. The minimum Gasteiger partial charge on any atom is -0.312 e. The van der Waals surface area contributed by atoms with E-state index in [2.05, 4.69) is 56.9 Å². The molecule has 0 radical (unpaired) electrons. The average molecular weight is 269 g/mol. The Hall–Kier alpha value is -0.120. The number of hydrogen-bond acceptors (Lipinski definition) is 3. The van der Waals surface area contributed by atoms with Gasteiger partial charge in [-0.05, 0) is 80.6 Å². The van der Waals surface area contributed by atoms with E-state index < -0.39 is 0 Å². The Morgan fingerprint density at radius 2 is 2.00 bits per heavy atom. The second-order valence-electron chi connectivity index (χ2n) is 7.46. The van der Waals surface area contributed by atoms with Crippen LogP contribution >= 0.6 is 0 Å². The van der Waals surface area contributed by atoms with E-state index >= 15 is 0 Å². The lowest BCUT2D eigenvalue weighted by atomic mass is 10.1. The van der Waals surface area contributed by atoms with Crippen LogP contribution in [0.15, 0.2) is 0 Å². The van der Waals surface area contributed by atoms with Crippen LogP contribution in [0.2, 0.25) is 0 Å². The van der Waals surface area contributed by atoms with E-state index in [-0.39, 0.29) is 5.54 Å². The first-order valence-corrected chi connectivity index (χ1v) is 7.95. The maximum absolute atomic E-state index is 3.58. The maximum Gasteiger partial charge on any atom is 0.0226 e. The summed E-state index contributed by atoms with van der Waals surface area (Å²) in [6.07, 6.45) is 5.35. The Balaban J connectivity index is 2.26. The molecule has 0 spiro atoms. The van der Waals surface area contributed by atoms with Crippen LogP contribution in [0.5, 0.6) is 0 Å². The van der Waals surface area contributed by atoms with Crippen LogP contribution in [0, 0.1) is 0 Å². The fourth-order valence-corrected chi connectivity index (χ4v) is 3.08. The van der Waals surface area contributed by atoms with Crippen LogP contribution in [-0.4, -0.2) is 61.2 Å². The second-order valence-corrected chi connectivity index (χ2v) is 7.46. The zero-order valence-electron chi connectivity index (χ0n) is 14.0. The van der Waals surface area contributed by atoms with E-state index in [4.69, 9.17) is 0 Å². The summed E-state index contributed by atoms with van der Waals surface area (Å²) in [6, 6.07) is 1.51. The van der Waals surface area contributed by atoms with Crippen molar-refractivity contribution in [2.45, 2.75) is 71.0 Å². The highest BCUT2D eigenvalue weighted by Crippen LogP contribution is 2.22. The molecule has 1 heterocycles. The first-order valence-electron chi connectivity index (χ1n) is 7.95. The van der Waals surface area contributed by atoms with E-state index in [0.717, 1.165) is 18.6 Å². The Morgan fingerprint density at radius 3 is 2.58 bits per heavy atom. The highest BCUT2D eigenvalue weighted by molar-refractivity contribution is 4.84. The molecule has 0 aromatic heterocycles. The van der Waals surface area contributed by atoms with Gasteiger partial charge in [0.2, 0.25) is 0 Å². The van der Waals surface area contributed by atoms with E-state index in [1.165, 1.54) is 38.8 Å². The van der Waals surface area contributed by atoms with Gasteiger partial charge < -0.3 is 10.2 Å². The summed E-state index contributed by atoms with van der Waals surface area (Å²) in [5.41, 5.74) is 0.254. The summed E-state index contributed by atoms with van der Waals surface area (Å²) in [5, 5.41) is 3.58. The lowest BCUT2D eigenvalue weighted by Crippen LogP contribution is -2.43. The summed E-state index contributed by atoms with van der Waals surface area (Å²) in [6.45, 7) is 12.8. The minimum absolute atomic E-state index is 0.254. The maximum atomic E-state index is 3.58. The van der Waals surface area contributed by atoms with Crippen molar-refractivity contribution in [3.05, 3.63) is 0 Å². The van der Waals surface area contributed by atoms with Gasteiger partial charge >= 0.3 is 0 Å². The molecule has 1 rings (SSSR count). The van der Waals surface area contributed by atoms with Gasteiger partial charge in [0.15, 0.2) is 0 Å². The molecule has 2 atom stereocenters. The van der Waals surface area contributed by atoms with E-state index in [9.17, 15) is 0 Å². The molecule has 0 amide bonds. The molecule has 114 valence electrons. The lowest BCUT2D eigenvalue weighted by molar-refractivity contribution is 0.153. The van der Waals surface area contributed by atoms with Crippen molar-refractivity contribution in [1.29, 1.82) is 0 Å². The average Bonchev–Trinajstić information content (AvgIpc) is 2.70.